The van der Waals surface area contributed by atoms with Gasteiger partial charge in [-0.3, -0.25) is 14.3 Å². The Kier molecular flexibility index (Phi) is 4.15. The highest BCUT2D eigenvalue weighted by molar-refractivity contribution is 5.02. The number of H-pyrrole nitrogens is 1. The predicted octanol–water partition coefficient (Wildman–Crippen LogP) is -1.57. The van der Waals surface area contributed by atoms with Crippen LogP contribution in [-0.4, -0.2) is 40.2 Å². The number of hydrogen-bond donors (Lipinski definition) is 3. The maximum absolute atomic E-state index is 11.7. The van der Waals surface area contributed by atoms with Crippen LogP contribution in [0, 0.1) is 6.92 Å². The highest BCUT2D eigenvalue weighted by Gasteiger charge is 2.35. The van der Waals surface area contributed by atoms with E-state index < -0.39 is 29.7 Å². The number of aromatic nitrogens is 2. The topological polar surface area (TPSA) is 120 Å². The maximum atomic E-state index is 11.7. The molecule has 0 aliphatic carbocycles. The third kappa shape index (κ3) is 2.92. The summed E-state index contributed by atoms with van der Waals surface area (Å²) in [5.74, 6) is 0. The maximum Gasteiger partial charge on any atom is 0.330 e. The fraction of sp³-hybridized carbons (Fsp3) is 0.636. The third-order valence-corrected chi connectivity index (χ3v) is 3.06. The van der Waals surface area contributed by atoms with Gasteiger partial charge in [-0.05, 0) is 6.92 Å². The molecule has 0 spiro atoms. The highest BCUT2D eigenvalue weighted by atomic mass is 16.6. The number of hydrogen-bond acceptors (Lipinski definition) is 6. The second-order valence-corrected chi connectivity index (χ2v) is 4.45. The van der Waals surface area contributed by atoms with E-state index in [1.54, 1.807) is 6.92 Å². The Morgan fingerprint density at radius 1 is 1.63 bits per heavy atom. The van der Waals surface area contributed by atoms with Gasteiger partial charge >= 0.3 is 5.69 Å². The van der Waals surface area contributed by atoms with E-state index in [2.05, 4.69) is 4.98 Å². The summed E-state index contributed by atoms with van der Waals surface area (Å²) in [5, 5.41) is 9.83. The van der Waals surface area contributed by atoms with Crippen molar-refractivity contribution in [3.63, 3.8) is 0 Å². The second kappa shape index (κ2) is 5.66. The smallest absolute Gasteiger partial charge is 0.330 e. The van der Waals surface area contributed by atoms with E-state index in [0.717, 1.165) is 0 Å². The van der Waals surface area contributed by atoms with E-state index in [1.807, 2.05) is 0 Å². The molecule has 0 amide bonds. The van der Waals surface area contributed by atoms with Crippen LogP contribution in [0.3, 0.4) is 0 Å². The molecule has 8 nitrogen and oxygen atoms in total. The van der Waals surface area contributed by atoms with E-state index in [-0.39, 0.29) is 19.8 Å². The van der Waals surface area contributed by atoms with Crippen LogP contribution < -0.4 is 17.0 Å². The van der Waals surface area contributed by atoms with Gasteiger partial charge in [0.2, 0.25) is 0 Å². The largest absolute Gasteiger partial charge is 0.390 e. The first-order valence-electron chi connectivity index (χ1n) is 5.96. The monoisotopic (exact) mass is 271 g/mol. The minimum Gasteiger partial charge on any atom is -0.390 e. The standard InChI is InChI=1S/C11H17N3O5/c1-6-3-14(11(17)13-10(6)16)9-2-7(15)8(19-9)4-18-5-12/h3,7-9,15H,2,4-5,12H2,1H3,(H,13,16,17)/t7?,8-,9-/m1/s1. The second-order valence-electron chi connectivity index (χ2n) is 4.45. The summed E-state index contributed by atoms with van der Waals surface area (Å²) in [6.45, 7) is 1.79. The van der Waals surface area contributed by atoms with Crippen LogP contribution in [0.25, 0.3) is 0 Å². The zero-order chi connectivity index (χ0) is 14.0. The van der Waals surface area contributed by atoms with Crippen LogP contribution >= 0.6 is 0 Å². The molecule has 2 rings (SSSR count). The normalized spacial score (nSPS) is 26.8. The lowest BCUT2D eigenvalue weighted by molar-refractivity contribution is -0.0626. The molecule has 1 unspecified atom stereocenters. The highest BCUT2D eigenvalue weighted by Crippen LogP contribution is 2.27. The number of aliphatic hydroxyl groups excluding tert-OH is 1. The van der Waals surface area contributed by atoms with Crippen LogP contribution in [0.5, 0.6) is 0 Å². The van der Waals surface area contributed by atoms with Crippen molar-refractivity contribution in [2.24, 2.45) is 5.73 Å². The number of nitrogens with zero attached hydrogens (tertiary/aromatic N) is 1. The molecule has 0 bridgehead atoms. The van der Waals surface area contributed by atoms with E-state index in [0.29, 0.717) is 5.56 Å². The van der Waals surface area contributed by atoms with Gasteiger partial charge in [-0.25, -0.2) is 4.79 Å². The van der Waals surface area contributed by atoms with Crippen LogP contribution in [0.4, 0.5) is 0 Å². The molecule has 1 saturated heterocycles. The zero-order valence-electron chi connectivity index (χ0n) is 10.5. The minimum absolute atomic E-state index is 0.0367. The van der Waals surface area contributed by atoms with Crippen molar-refractivity contribution in [2.75, 3.05) is 13.3 Å². The fourth-order valence-electron chi connectivity index (χ4n) is 2.02. The Balaban J connectivity index is 2.18. The van der Waals surface area contributed by atoms with E-state index in [4.69, 9.17) is 15.2 Å². The van der Waals surface area contributed by atoms with E-state index in [1.165, 1.54) is 10.8 Å². The molecule has 0 aromatic carbocycles. The van der Waals surface area contributed by atoms with Gasteiger partial charge < -0.3 is 20.3 Å². The average Bonchev–Trinajstić information content (AvgIpc) is 2.72. The molecule has 3 atom stereocenters. The van der Waals surface area contributed by atoms with Gasteiger partial charge in [0, 0.05) is 18.2 Å². The third-order valence-electron chi connectivity index (χ3n) is 3.06. The van der Waals surface area contributed by atoms with Crippen molar-refractivity contribution in [3.8, 4) is 0 Å². The minimum atomic E-state index is -0.740. The summed E-state index contributed by atoms with van der Waals surface area (Å²) in [5.41, 5.74) is 4.62. The SMILES string of the molecule is Cc1cn([C@H]2CC(O)[C@@H](COCN)O2)c(=O)[nH]c1=O. The lowest BCUT2D eigenvalue weighted by Crippen LogP contribution is -2.33. The van der Waals surface area contributed by atoms with Gasteiger partial charge in [0.05, 0.1) is 19.4 Å². The molecular weight excluding hydrogens is 254 g/mol. The number of rotatable bonds is 4. The summed E-state index contributed by atoms with van der Waals surface area (Å²) in [4.78, 5) is 25.2. The van der Waals surface area contributed by atoms with Crippen molar-refractivity contribution in [1.29, 1.82) is 0 Å². The Labute approximate surface area is 108 Å². The van der Waals surface area contributed by atoms with Crippen LogP contribution in [-0.2, 0) is 9.47 Å². The van der Waals surface area contributed by atoms with Gasteiger partial charge in [-0.2, -0.15) is 0 Å². The summed E-state index contributed by atoms with van der Waals surface area (Å²) in [6.07, 6.45) is -0.220. The van der Waals surface area contributed by atoms with E-state index >= 15 is 0 Å². The van der Waals surface area contributed by atoms with E-state index in [9.17, 15) is 14.7 Å². The van der Waals surface area contributed by atoms with Crippen molar-refractivity contribution < 1.29 is 14.6 Å². The molecule has 1 aromatic rings. The number of aryl methyl sites for hydroxylation is 1. The van der Waals surface area contributed by atoms with Gasteiger partial charge in [-0.1, -0.05) is 0 Å². The summed E-state index contributed by atoms with van der Waals surface area (Å²) >= 11 is 0. The Morgan fingerprint density at radius 3 is 3.05 bits per heavy atom. The molecule has 2 heterocycles. The molecule has 0 radical (unpaired) electrons. The fourth-order valence-corrected chi connectivity index (χ4v) is 2.02. The molecule has 4 N–H and O–H groups in total. The Bertz CT molecular complexity index is 552. The Hall–Kier alpha value is -1.48. The first-order valence-corrected chi connectivity index (χ1v) is 5.96. The number of aliphatic hydroxyl groups is 1. The lowest BCUT2D eigenvalue weighted by atomic mass is 10.2. The van der Waals surface area contributed by atoms with Gasteiger partial charge in [-0.15, -0.1) is 0 Å². The lowest BCUT2D eigenvalue weighted by Gasteiger charge is -2.16. The number of nitrogens with one attached hydrogen (secondary N) is 1. The van der Waals surface area contributed by atoms with Crippen molar-refractivity contribution >= 4 is 0 Å². The van der Waals surface area contributed by atoms with Gasteiger partial charge in [0.15, 0.2) is 0 Å². The Morgan fingerprint density at radius 2 is 2.37 bits per heavy atom. The molecule has 1 aliphatic heterocycles. The van der Waals surface area contributed by atoms with Gasteiger partial charge in [0.1, 0.15) is 12.3 Å². The van der Waals surface area contributed by atoms with Crippen LogP contribution in [0.1, 0.15) is 18.2 Å². The van der Waals surface area contributed by atoms with Crippen LogP contribution in [0.15, 0.2) is 15.8 Å². The van der Waals surface area contributed by atoms with Crippen molar-refractivity contribution in [1.82, 2.24) is 9.55 Å². The number of ether oxygens (including phenoxy) is 2. The molecule has 8 heteroatoms. The molecule has 19 heavy (non-hydrogen) atoms. The average molecular weight is 271 g/mol. The molecule has 106 valence electrons. The summed E-state index contributed by atoms with van der Waals surface area (Å²) < 4.78 is 11.8. The van der Waals surface area contributed by atoms with Crippen molar-refractivity contribution in [2.45, 2.75) is 31.8 Å². The summed E-state index contributed by atoms with van der Waals surface area (Å²) in [6, 6.07) is 0. The van der Waals surface area contributed by atoms with Crippen molar-refractivity contribution in [3.05, 3.63) is 32.6 Å². The quantitative estimate of drug-likeness (QED) is 0.569. The molecule has 1 aliphatic rings. The first-order chi connectivity index (χ1) is 9.02. The molecular formula is C11H17N3O5. The predicted molar refractivity (Wildman–Crippen MR) is 65.6 cm³/mol. The first kappa shape index (κ1) is 13.9. The van der Waals surface area contributed by atoms with Crippen LogP contribution in [0.2, 0.25) is 0 Å². The molecule has 1 aromatic heterocycles. The number of nitrogens with two attached hydrogens (primary N) is 1. The molecule has 0 saturated carbocycles. The number of aromatic amines is 1. The van der Waals surface area contributed by atoms with Gasteiger partial charge in [0.25, 0.3) is 5.56 Å². The molecule has 1 fully saturated rings. The zero-order valence-corrected chi connectivity index (χ0v) is 10.5. The summed E-state index contributed by atoms with van der Waals surface area (Å²) in [7, 11) is 0.